The monoisotopic (exact) mass is 518 g/mol. The lowest BCUT2D eigenvalue weighted by atomic mass is 9.78. The fourth-order valence-electron chi connectivity index (χ4n) is 5.24. The van der Waals surface area contributed by atoms with Crippen molar-refractivity contribution < 1.29 is 33.1 Å². The molecule has 0 aromatic carbocycles. The first kappa shape index (κ1) is 25.2. The van der Waals surface area contributed by atoms with Crippen molar-refractivity contribution >= 4 is 47.2 Å². The van der Waals surface area contributed by atoms with Gasteiger partial charge in [0.15, 0.2) is 0 Å². The number of β-lactam (4-membered cyclic amide) rings is 1. The zero-order chi connectivity index (χ0) is 24.7. The van der Waals surface area contributed by atoms with Crippen LogP contribution in [0.2, 0.25) is 0 Å². The highest BCUT2D eigenvalue weighted by molar-refractivity contribution is 8.03. The first-order valence-corrected chi connectivity index (χ1v) is 13.3. The van der Waals surface area contributed by atoms with Crippen LogP contribution < -0.4 is 10.6 Å². The molecule has 0 aromatic heterocycles. The van der Waals surface area contributed by atoms with Crippen molar-refractivity contribution in [2.75, 3.05) is 31.1 Å². The lowest BCUT2D eigenvalue weighted by molar-refractivity contribution is -0.159. The minimum absolute atomic E-state index is 0.0388. The molecule has 1 unspecified atom stereocenters. The van der Waals surface area contributed by atoms with Crippen molar-refractivity contribution in [1.82, 2.24) is 20.4 Å². The number of carbonyl (C=O) groups is 4. The Labute approximate surface area is 204 Å². The molecule has 4 rings (SSSR count). The maximum absolute atomic E-state index is 12.8. The van der Waals surface area contributed by atoms with Crippen LogP contribution in [0.4, 0.5) is 8.78 Å². The Bertz CT molecular complexity index is 914. The van der Waals surface area contributed by atoms with Crippen molar-refractivity contribution in [3.05, 3.63) is 10.6 Å². The second-order valence-corrected chi connectivity index (χ2v) is 11.6. The molecule has 0 radical (unpaired) electrons. The summed E-state index contributed by atoms with van der Waals surface area (Å²) in [6, 6.07) is -1.69. The van der Waals surface area contributed by atoms with Gasteiger partial charge in [-0.15, -0.1) is 11.8 Å². The number of nitrogens with one attached hydrogen (secondary N) is 2. The molecule has 34 heavy (non-hydrogen) atoms. The molecule has 3 fully saturated rings. The minimum Gasteiger partial charge on any atom is -0.477 e. The zero-order valence-electron chi connectivity index (χ0n) is 18.8. The summed E-state index contributed by atoms with van der Waals surface area (Å²) in [5.41, 5.74) is -0.0843. The number of thioether (sulfide) groups is 2. The summed E-state index contributed by atoms with van der Waals surface area (Å²) in [5, 5.41) is 15.2. The lowest BCUT2D eigenvalue weighted by Gasteiger charge is -2.47. The summed E-state index contributed by atoms with van der Waals surface area (Å²) < 4.78 is 25.3. The van der Waals surface area contributed by atoms with Crippen LogP contribution in [-0.4, -0.2) is 99.5 Å². The molecule has 3 amide bonds. The summed E-state index contributed by atoms with van der Waals surface area (Å²) >= 11 is 3.19. The Balaban J connectivity index is 1.44. The van der Waals surface area contributed by atoms with Gasteiger partial charge in [-0.1, -0.05) is 6.92 Å². The fraction of sp³-hybridized carbons (Fsp3) is 0.714. The average molecular weight is 519 g/mol. The maximum atomic E-state index is 12.8. The number of alkyl halides is 2. The normalized spacial score (nSPS) is 32.0. The van der Waals surface area contributed by atoms with Gasteiger partial charge in [-0.3, -0.25) is 14.4 Å². The second-order valence-electron chi connectivity index (χ2n) is 9.00. The molecule has 0 aliphatic carbocycles. The molecule has 0 saturated carbocycles. The van der Waals surface area contributed by atoms with Crippen molar-refractivity contribution in [2.45, 2.75) is 50.1 Å². The van der Waals surface area contributed by atoms with Crippen LogP contribution in [0.1, 0.15) is 20.3 Å². The Morgan fingerprint density at radius 2 is 1.94 bits per heavy atom. The predicted molar refractivity (Wildman–Crippen MR) is 123 cm³/mol. The number of amides is 3. The SMILES string of the molecule is CC(NC(=O)C(F)F)[C@H]1C(=O)N2C(C(=O)O)=C(S[C@@H]3CN[C@H](C(=O)N4CCSCC4)C3)[C@H](C)[C@H]12. The summed E-state index contributed by atoms with van der Waals surface area (Å²) in [5.74, 6) is -2.37. The summed E-state index contributed by atoms with van der Waals surface area (Å²) in [6.07, 6.45) is -2.64. The van der Waals surface area contributed by atoms with E-state index < -0.39 is 42.2 Å². The molecule has 13 heteroatoms. The van der Waals surface area contributed by atoms with Crippen LogP contribution in [0.15, 0.2) is 10.6 Å². The van der Waals surface area contributed by atoms with E-state index in [4.69, 9.17) is 0 Å². The molecule has 3 saturated heterocycles. The smallest absolute Gasteiger partial charge is 0.353 e. The van der Waals surface area contributed by atoms with Gasteiger partial charge in [-0.25, -0.2) is 4.79 Å². The van der Waals surface area contributed by atoms with Gasteiger partial charge in [0, 0.05) is 53.3 Å². The van der Waals surface area contributed by atoms with E-state index in [1.54, 1.807) is 0 Å². The molecule has 188 valence electrons. The standard InChI is InChI=1S/C21H28F2N4O5S2/c1-9-14-13(10(2)25-18(28)17(22)23)20(30)27(14)15(21(31)32)16(9)34-11-7-12(24-8-11)19(29)26-3-5-33-6-4-26/h9-14,17,24H,3-8H2,1-2H3,(H,25,28)(H,31,32)/t9-,10?,11+,12+,13-,14-/m1/s1. The highest BCUT2D eigenvalue weighted by Crippen LogP contribution is 2.51. The zero-order valence-corrected chi connectivity index (χ0v) is 20.5. The van der Waals surface area contributed by atoms with Gasteiger partial charge in [-0.2, -0.15) is 20.5 Å². The molecule has 4 aliphatic heterocycles. The Kier molecular flexibility index (Phi) is 7.44. The summed E-state index contributed by atoms with van der Waals surface area (Å²) in [7, 11) is 0. The van der Waals surface area contributed by atoms with Gasteiger partial charge < -0.3 is 25.5 Å². The van der Waals surface area contributed by atoms with E-state index in [1.165, 1.54) is 23.6 Å². The summed E-state index contributed by atoms with van der Waals surface area (Å²) in [6.45, 7) is 5.29. The van der Waals surface area contributed by atoms with Crippen LogP contribution in [-0.2, 0) is 19.2 Å². The number of aliphatic carboxylic acids is 1. The Hall–Kier alpha value is -1.86. The molecule has 3 N–H and O–H groups in total. The largest absolute Gasteiger partial charge is 0.477 e. The molecule has 0 bridgehead atoms. The number of carboxylic acid groups (broad SMARTS) is 1. The number of rotatable bonds is 7. The van der Waals surface area contributed by atoms with E-state index in [2.05, 4.69) is 10.6 Å². The number of halogens is 2. The maximum Gasteiger partial charge on any atom is 0.353 e. The lowest BCUT2D eigenvalue weighted by Crippen LogP contribution is -2.66. The van der Waals surface area contributed by atoms with Crippen LogP contribution in [0.3, 0.4) is 0 Å². The molecule has 4 aliphatic rings. The predicted octanol–water partition coefficient (Wildman–Crippen LogP) is 0.568. The molecule has 6 atom stereocenters. The number of carboxylic acids is 1. The van der Waals surface area contributed by atoms with E-state index in [0.717, 1.165) is 24.6 Å². The molecule has 9 nitrogen and oxygen atoms in total. The van der Waals surface area contributed by atoms with Gasteiger partial charge in [0.1, 0.15) is 5.70 Å². The highest BCUT2D eigenvalue weighted by atomic mass is 32.2. The average Bonchev–Trinajstić information content (AvgIpc) is 3.35. The third-order valence-corrected chi connectivity index (χ3v) is 9.36. The van der Waals surface area contributed by atoms with Crippen LogP contribution >= 0.6 is 23.5 Å². The third-order valence-electron chi connectivity index (χ3n) is 6.90. The van der Waals surface area contributed by atoms with E-state index in [1.807, 2.05) is 23.6 Å². The third kappa shape index (κ3) is 4.53. The van der Waals surface area contributed by atoms with Crippen molar-refractivity contribution in [2.24, 2.45) is 11.8 Å². The number of fused-ring (bicyclic) bond motifs is 1. The van der Waals surface area contributed by atoms with Crippen molar-refractivity contribution in [3.63, 3.8) is 0 Å². The van der Waals surface area contributed by atoms with Gasteiger partial charge >= 0.3 is 12.4 Å². The minimum atomic E-state index is -3.19. The molecular weight excluding hydrogens is 490 g/mol. The van der Waals surface area contributed by atoms with Gasteiger partial charge in [0.2, 0.25) is 11.8 Å². The van der Waals surface area contributed by atoms with Crippen molar-refractivity contribution in [1.29, 1.82) is 0 Å². The van der Waals surface area contributed by atoms with E-state index in [-0.39, 0.29) is 28.8 Å². The van der Waals surface area contributed by atoms with Crippen LogP contribution in [0.5, 0.6) is 0 Å². The molecule has 4 heterocycles. The van der Waals surface area contributed by atoms with Crippen LogP contribution in [0.25, 0.3) is 0 Å². The van der Waals surface area contributed by atoms with Gasteiger partial charge in [0.25, 0.3) is 5.91 Å². The van der Waals surface area contributed by atoms with Crippen molar-refractivity contribution in [3.8, 4) is 0 Å². The number of nitrogens with zero attached hydrogens (tertiary/aromatic N) is 2. The number of hydrogen-bond acceptors (Lipinski definition) is 7. The quantitative estimate of drug-likeness (QED) is 0.419. The van der Waals surface area contributed by atoms with Gasteiger partial charge in [0.05, 0.1) is 18.0 Å². The molecule has 0 spiro atoms. The fourth-order valence-corrected chi connectivity index (χ4v) is 7.62. The van der Waals surface area contributed by atoms with E-state index >= 15 is 0 Å². The Morgan fingerprint density at radius 3 is 2.56 bits per heavy atom. The Morgan fingerprint density at radius 1 is 1.26 bits per heavy atom. The first-order valence-electron chi connectivity index (χ1n) is 11.3. The van der Waals surface area contributed by atoms with E-state index in [9.17, 15) is 33.1 Å². The highest BCUT2D eigenvalue weighted by Gasteiger charge is 2.60. The van der Waals surface area contributed by atoms with Crippen LogP contribution in [0, 0.1) is 11.8 Å². The topological polar surface area (TPSA) is 119 Å². The molecule has 0 aromatic rings. The second kappa shape index (κ2) is 10.0. The number of hydrogen-bond donors (Lipinski definition) is 3. The summed E-state index contributed by atoms with van der Waals surface area (Å²) in [4.78, 5) is 52.8. The van der Waals surface area contributed by atoms with Gasteiger partial charge in [-0.05, 0) is 13.3 Å². The first-order chi connectivity index (χ1) is 16.1. The van der Waals surface area contributed by atoms with E-state index in [0.29, 0.717) is 17.9 Å². The number of carbonyl (C=O) groups excluding carboxylic acids is 3. The molecular formula is C21H28F2N4O5S2.